The number of nitrogens with one attached hydrogen (secondary N) is 2. The quantitative estimate of drug-likeness (QED) is 0.411. The lowest BCUT2D eigenvalue weighted by Crippen LogP contribution is -2.44. The van der Waals surface area contributed by atoms with Gasteiger partial charge in [-0.05, 0) is 42.3 Å². The Labute approximate surface area is 197 Å². The van der Waals surface area contributed by atoms with Crippen molar-refractivity contribution in [3.05, 3.63) is 59.7 Å². The first-order valence-electron chi connectivity index (χ1n) is 10.2. The van der Waals surface area contributed by atoms with E-state index in [9.17, 15) is 22.8 Å². The number of carboxylic acid groups (broad SMARTS) is 1. The Hall–Kier alpha value is -2.89. The number of nitrogens with zero attached hydrogens (tertiary/aromatic N) is 1. The van der Waals surface area contributed by atoms with Crippen LogP contribution in [0.5, 0.6) is 0 Å². The standard InChI is InChI=1S/C22H25N3O6S2/c1-25(12-20(26)24-16-8-6-14(7-9-16)22(28)29)21(27)18-10-17(11-23-18)33(30,31)13-15-4-2-3-5-19(15)32/h2-9,17-18,23,32H,10-13H2,1H3,(H,24,26)(H,28,29). The van der Waals surface area contributed by atoms with E-state index in [1.54, 1.807) is 24.3 Å². The van der Waals surface area contributed by atoms with Crippen molar-refractivity contribution in [3.63, 3.8) is 0 Å². The van der Waals surface area contributed by atoms with Gasteiger partial charge in [0.05, 0.1) is 29.2 Å². The lowest BCUT2D eigenvalue weighted by atomic mass is 10.2. The average molecular weight is 492 g/mol. The minimum Gasteiger partial charge on any atom is -0.478 e. The van der Waals surface area contributed by atoms with Gasteiger partial charge in [-0.15, -0.1) is 12.6 Å². The summed E-state index contributed by atoms with van der Waals surface area (Å²) in [5.74, 6) is -2.06. The van der Waals surface area contributed by atoms with E-state index < -0.39 is 33.0 Å². The molecule has 0 bridgehead atoms. The summed E-state index contributed by atoms with van der Waals surface area (Å²) in [5.41, 5.74) is 1.11. The zero-order valence-corrected chi connectivity index (χ0v) is 19.6. The molecule has 1 saturated heterocycles. The van der Waals surface area contributed by atoms with Crippen molar-refractivity contribution >= 4 is 45.9 Å². The Bertz CT molecular complexity index is 1150. The SMILES string of the molecule is CN(CC(=O)Nc1ccc(C(=O)O)cc1)C(=O)C1CC(S(=O)(=O)Cc2ccccc2S)CN1. The summed E-state index contributed by atoms with van der Waals surface area (Å²) in [6.45, 7) is -0.0778. The Morgan fingerprint density at radius 2 is 1.82 bits per heavy atom. The highest BCUT2D eigenvalue weighted by molar-refractivity contribution is 7.91. The molecular weight excluding hydrogens is 466 g/mol. The van der Waals surface area contributed by atoms with Crippen LogP contribution < -0.4 is 10.6 Å². The maximum absolute atomic E-state index is 12.8. The van der Waals surface area contributed by atoms with E-state index in [0.717, 1.165) is 0 Å². The lowest BCUT2D eigenvalue weighted by Gasteiger charge is -2.21. The van der Waals surface area contributed by atoms with Gasteiger partial charge in [0.15, 0.2) is 9.84 Å². The lowest BCUT2D eigenvalue weighted by molar-refractivity contribution is -0.134. The molecule has 2 atom stereocenters. The van der Waals surface area contributed by atoms with Crippen LogP contribution in [0.4, 0.5) is 5.69 Å². The normalized spacial score (nSPS) is 18.0. The molecule has 0 aromatic heterocycles. The summed E-state index contributed by atoms with van der Waals surface area (Å²) >= 11 is 4.31. The molecule has 0 aliphatic carbocycles. The van der Waals surface area contributed by atoms with E-state index in [4.69, 9.17) is 5.11 Å². The fourth-order valence-electron chi connectivity index (χ4n) is 3.59. The van der Waals surface area contributed by atoms with E-state index in [-0.39, 0.29) is 36.7 Å². The predicted octanol–water partition coefficient (Wildman–Crippen LogP) is 1.42. The molecule has 2 aromatic carbocycles. The summed E-state index contributed by atoms with van der Waals surface area (Å²) in [4.78, 5) is 37.8. The highest BCUT2D eigenvalue weighted by atomic mass is 32.2. The van der Waals surface area contributed by atoms with Crippen LogP contribution in [-0.2, 0) is 25.2 Å². The van der Waals surface area contributed by atoms with Crippen molar-refractivity contribution in [2.24, 2.45) is 0 Å². The summed E-state index contributed by atoms with van der Waals surface area (Å²) in [7, 11) is -2.04. The van der Waals surface area contributed by atoms with Crippen LogP contribution in [0.25, 0.3) is 0 Å². The van der Waals surface area contributed by atoms with Gasteiger partial charge in [-0.25, -0.2) is 13.2 Å². The Morgan fingerprint density at radius 1 is 1.15 bits per heavy atom. The van der Waals surface area contributed by atoms with Crippen LogP contribution in [-0.4, -0.2) is 67.6 Å². The smallest absolute Gasteiger partial charge is 0.335 e. The van der Waals surface area contributed by atoms with Crippen LogP contribution in [0.15, 0.2) is 53.4 Å². The number of benzene rings is 2. The van der Waals surface area contributed by atoms with Gasteiger partial charge in [-0.3, -0.25) is 9.59 Å². The number of likely N-dealkylation sites (N-methyl/N-ethyl adjacent to an activating group) is 1. The minimum absolute atomic E-state index is 0.0926. The topological polar surface area (TPSA) is 133 Å². The molecule has 11 heteroatoms. The van der Waals surface area contributed by atoms with Crippen molar-refractivity contribution in [1.82, 2.24) is 10.2 Å². The van der Waals surface area contributed by atoms with Crippen molar-refractivity contribution in [2.75, 3.05) is 25.5 Å². The molecule has 3 rings (SSSR count). The molecular formula is C22H25N3O6S2. The monoisotopic (exact) mass is 491 g/mol. The Morgan fingerprint density at radius 3 is 2.45 bits per heavy atom. The van der Waals surface area contributed by atoms with Gasteiger partial charge in [0.2, 0.25) is 11.8 Å². The summed E-state index contributed by atoms with van der Waals surface area (Å²) in [6, 6.07) is 11.9. The van der Waals surface area contributed by atoms with Gasteiger partial charge < -0.3 is 20.6 Å². The summed E-state index contributed by atoms with van der Waals surface area (Å²) in [6.07, 6.45) is 0.124. The van der Waals surface area contributed by atoms with Crippen molar-refractivity contribution in [3.8, 4) is 0 Å². The number of anilines is 1. The summed E-state index contributed by atoms with van der Waals surface area (Å²) in [5, 5.41) is 13.8. The van der Waals surface area contributed by atoms with Crippen LogP contribution in [0.1, 0.15) is 22.3 Å². The van der Waals surface area contributed by atoms with E-state index in [1.807, 2.05) is 0 Å². The van der Waals surface area contributed by atoms with Crippen molar-refractivity contribution in [2.45, 2.75) is 28.4 Å². The molecule has 33 heavy (non-hydrogen) atoms. The molecule has 1 aliphatic rings. The van der Waals surface area contributed by atoms with Gasteiger partial charge in [-0.2, -0.15) is 0 Å². The molecule has 2 unspecified atom stereocenters. The second kappa shape index (κ2) is 10.4. The average Bonchev–Trinajstić information content (AvgIpc) is 3.26. The number of aromatic carboxylic acids is 1. The first-order valence-corrected chi connectivity index (χ1v) is 12.3. The van der Waals surface area contributed by atoms with Crippen LogP contribution in [0.3, 0.4) is 0 Å². The number of amides is 2. The number of rotatable bonds is 8. The molecule has 2 amide bonds. The van der Waals surface area contributed by atoms with E-state index >= 15 is 0 Å². The van der Waals surface area contributed by atoms with Gasteiger partial charge in [0.1, 0.15) is 0 Å². The Balaban J connectivity index is 1.54. The molecule has 0 saturated carbocycles. The van der Waals surface area contributed by atoms with Crippen molar-refractivity contribution in [1.29, 1.82) is 0 Å². The highest BCUT2D eigenvalue weighted by Crippen LogP contribution is 2.23. The van der Waals surface area contributed by atoms with Crippen LogP contribution in [0.2, 0.25) is 0 Å². The third-order valence-corrected chi connectivity index (χ3v) is 7.94. The van der Waals surface area contributed by atoms with Crippen LogP contribution in [0, 0.1) is 0 Å². The number of thiol groups is 1. The van der Waals surface area contributed by atoms with Crippen LogP contribution >= 0.6 is 12.6 Å². The number of carbonyl (C=O) groups is 3. The van der Waals surface area contributed by atoms with Gasteiger partial charge in [0.25, 0.3) is 0 Å². The third-order valence-electron chi connectivity index (χ3n) is 5.42. The summed E-state index contributed by atoms with van der Waals surface area (Å²) < 4.78 is 25.7. The second-order valence-electron chi connectivity index (χ2n) is 7.88. The number of hydrogen-bond acceptors (Lipinski definition) is 7. The zero-order chi connectivity index (χ0) is 24.2. The van der Waals surface area contributed by atoms with E-state index in [1.165, 1.54) is 36.2 Å². The Kier molecular flexibility index (Phi) is 7.77. The van der Waals surface area contributed by atoms with Gasteiger partial charge in [0, 0.05) is 24.2 Å². The molecule has 9 nitrogen and oxygen atoms in total. The second-order valence-corrected chi connectivity index (χ2v) is 10.6. The first kappa shape index (κ1) is 24.7. The van der Waals surface area contributed by atoms with E-state index in [2.05, 4.69) is 23.3 Å². The first-order chi connectivity index (χ1) is 15.6. The molecule has 0 spiro atoms. The fourth-order valence-corrected chi connectivity index (χ4v) is 5.69. The zero-order valence-electron chi connectivity index (χ0n) is 17.9. The third kappa shape index (κ3) is 6.34. The maximum atomic E-state index is 12.8. The molecule has 176 valence electrons. The number of hydrogen-bond donors (Lipinski definition) is 4. The van der Waals surface area contributed by atoms with Gasteiger partial charge >= 0.3 is 5.97 Å². The maximum Gasteiger partial charge on any atom is 0.335 e. The van der Waals surface area contributed by atoms with Gasteiger partial charge in [-0.1, -0.05) is 18.2 Å². The molecule has 1 aliphatic heterocycles. The molecule has 2 aromatic rings. The highest BCUT2D eigenvalue weighted by Gasteiger charge is 2.38. The number of carboxylic acids is 1. The largest absolute Gasteiger partial charge is 0.478 e. The molecule has 3 N–H and O–H groups in total. The molecule has 1 heterocycles. The fraction of sp³-hybridized carbons (Fsp3) is 0.318. The molecule has 1 fully saturated rings. The van der Waals surface area contributed by atoms with E-state index in [0.29, 0.717) is 16.1 Å². The molecule has 0 radical (unpaired) electrons. The predicted molar refractivity (Wildman–Crippen MR) is 126 cm³/mol. The number of carbonyl (C=O) groups excluding carboxylic acids is 2. The van der Waals surface area contributed by atoms with Crippen molar-refractivity contribution < 1.29 is 27.9 Å². The number of sulfone groups is 1. The minimum atomic E-state index is -3.50.